The summed E-state index contributed by atoms with van der Waals surface area (Å²) in [5, 5.41) is 6.67. The second-order valence-corrected chi connectivity index (χ2v) is 8.52. The number of halogens is 1. The fourth-order valence-corrected chi connectivity index (χ4v) is 4.10. The van der Waals surface area contributed by atoms with E-state index in [2.05, 4.69) is 31.3 Å². The minimum absolute atomic E-state index is 0.209. The van der Waals surface area contributed by atoms with Crippen molar-refractivity contribution in [2.45, 2.75) is 5.75 Å². The molecule has 2 heterocycles. The Morgan fingerprint density at radius 3 is 2.73 bits per heavy atom. The summed E-state index contributed by atoms with van der Waals surface area (Å²) in [6.07, 6.45) is 4.83. The predicted octanol–water partition coefficient (Wildman–Crippen LogP) is 2.58. The zero-order valence-electron chi connectivity index (χ0n) is 13.5. The molecule has 0 spiro atoms. The summed E-state index contributed by atoms with van der Waals surface area (Å²) in [5.41, 5.74) is 1.00. The molecule has 0 saturated carbocycles. The van der Waals surface area contributed by atoms with Crippen molar-refractivity contribution in [2.24, 2.45) is 0 Å². The van der Waals surface area contributed by atoms with Crippen molar-refractivity contribution in [2.75, 3.05) is 11.1 Å². The van der Waals surface area contributed by atoms with Gasteiger partial charge in [0.15, 0.2) is 15.7 Å². The molecule has 0 bridgehead atoms. The molecule has 26 heavy (non-hydrogen) atoms. The summed E-state index contributed by atoms with van der Waals surface area (Å²) >= 11 is 3.30. The van der Waals surface area contributed by atoms with Crippen molar-refractivity contribution in [1.29, 1.82) is 0 Å². The van der Waals surface area contributed by atoms with Crippen molar-refractivity contribution in [3.63, 3.8) is 0 Å². The van der Waals surface area contributed by atoms with E-state index in [0.717, 1.165) is 4.47 Å². The molecule has 3 aromatic rings. The quantitative estimate of drug-likeness (QED) is 0.643. The molecule has 0 unspecified atom stereocenters. The number of nitrogens with zero attached hydrogens (tertiary/aromatic N) is 3. The highest BCUT2D eigenvalue weighted by Crippen LogP contribution is 2.17. The van der Waals surface area contributed by atoms with Gasteiger partial charge in [0.05, 0.1) is 11.4 Å². The highest BCUT2D eigenvalue weighted by molar-refractivity contribution is 9.10. The lowest BCUT2D eigenvalue weighted by atomic mass is 10.2. The molecule has 0 aliphatic carbocycles. The first-order valence-corrected chi connectivity index (χ1v) is 10.2. The number of hydrogen-bond donors (Lipinski definition) is 1. The number of anilines is 1. The summed E-state index contributed by atoms with van der Waals surface area (Å²) in [4.78, 5) is 16.4. The highest BCUT2D eigenvalue weighted by atomic mass is 79.9. The Morgan fingerprint density at radius 2 is 2.00 bits per heavy atom. The van der Waals surface area contributed by atoms with Gasteiger partial charge in [-0.1, -0.05) is 28.1 Å². The third kappa shape index (κ3) is 4.77. The number of hydrogen-bond acceptors (Lipinski definition) is 5. The van der Waals surface area contributed by atoms with Gasteiger partial charge in [0.2, 0.25) is 5.91 Å². The largest absolute Gasteiger partial charge is 0.322 e. The van der Waals surface area contributed by atoms with Gasteiger partial charge in [0.1, 0.15) is 5.75 Å². The lowest BCUT2D eigenvalue weighted by molar-refractivity contribution is -0.113. The second kappa shape index (κ2) is 7.79. The molecular formula is C17H15BrN4O3S. The molecule has 0 atom stereocenters. The predicted molar refractivity (Wildman–Crippen MR) is 102 cm³/mol. The van der Waals surface area contributed by atoms with Gasteiger partial charge in [-0.15, -0.1) is 0 Å². The number of sulfone groups is 1. The van der Waals surface area contributed by atoms with Gasteiger partial charge >= 0.3 is 0 Å². The lowest BCUT2D eigenvalue weighted by Crippen LogP contribution is -2.24. The summed E-state index contributed by atoms with van der Waals surface area (Å²) in [7, 11) is -3.61. The topological polar surface area (TPSA) is 94.0 Å². The van der Waals surface area contributed by atoms with E-state index in [0.29, 0.717) is 17.1 Å². The van der Waals surface area contributed by atoms with Crippen molar-refractivity contribution < 1.29 is 13.2 Å². The molecule has 0 fully saturated rings. The van der Waals surface area contributed by atoms with Gasteiger partial charge in [-0.2, -0.15) is 5.10 Å². The van der Waals surface area contributed by atoms with Crippen LogP contribution in [0.2, 0.25) is 0 Å². The number of carbonyl (C=O) groups excluding carboxylic acids is 1. The van der Waals surface area contributed by atoms with E-state index in [-0.39, 0.29) is 5.75 Å². The van der Waals surface area contributed by atoms with Crippen LogP contribution in [0.15, 0.2) is 65.5 Å². The van der Waals surface area contributed by atoms with E-state index in [9.17, 15) is 13.2 Å². The van der Waals surface area contributed by atoms with Crippen LogP contribution in [-0.2, 0) is 20.4 Å². The van der Waals surface area contributed by atoms with Gasteiger partial charge in [-0.05, 0) is 35.9 Å². The summed E-state index contributed by atoms with van der Waals surface area (Å²) in [6.45, 7) is 0. The van der Waals surface area contributed by atoms with Crippen molar-refractivity contribution >= 4 is 37.4 Å². The molecule has 3 rings (SSSR count). The van der Waals surface area contributed by atoms with Crippen LogP contribution >= 0.6 is 15.9 Å². The molecular weight excluding hydrogens is 420 g/mol. The maximum absolute atomic E-state index is 12.3. The molecule has 1 amide bonds. The van der Waals surface area contributed by atoms with Crippen LogP contribution in [-0.4, -0.2) is 34.8 Å². The smallest absolute Gasteiger partial charge is 0.239 e. The van der Waals surface area contributed by atoms with Crippen LogP contribution in [0.1, 0.15) is 5.56 Å². The first kappa shape index (κ1) is 18.3. The zero-order chi connectivity index (χ0) is 18.6. The Labute approximate surface area is 159 Å². The summed E-state index contributed by atoms with van der Waals surface area (Å²) < 4.78 is 26.9. The van der Waals surface area contributed by atoms with Gasteiger partial charge < -0.3 is 5.32 Å². The van der Waals surface area contributed by atoms with Gasteiger partial charge in [0, 0.05) is 23.1 Å². The number of benzene rings is 1. The number of pyridine rings is 1. The lowest BCUT2D eigenvalue weighted by Gasteiger charge is -2.10. The standard InChI is InChI=1S/C17H15BrN4O3S/c18-14-5-1-4-13(10-14)11-26(24,25)12-16(23)21-15-6-2-7-19-17(15)22-9-3-8-20-22/h1-10H,11-12H2,(H,21,23). The van der Waals surface area contributed by atoms with Crippen LogP contribution in [0.4, 0.5) is 5.69 Å². The first-order valence-electron chi connectivity index (χ1n) is 7.63. The molecule has 0 aliphatic rings. The molecule has 0 saturated heterocycles. The highest BCUT2D eigenvalue weighted by Gasteiger charge is 2.19. The average molecular weight is 435 g/mol. The fraction of sp³-hybridized carbons (Fsp3) is 0.118. The van der Waals surface area contributed by atoms with E-state index in [1.165, 1.54) is 4.68 Å². The molecule has 1 aromatic carbocycles. The monoisotopic (exact) mass is 434 g/mol. The molecule has 9 heteroatoms. The molecule has 0 aliphatic heterocycles. The minimum atomic E-state index is -3.61. The van der Waals surface area contributed by atoms with E-state index in [1.54, 1.807) is 55.0 Å². The number of carbonyl (C=O) groups is 1. The van der Waals surface area contributed by atoms with E-state index >= 15 is 0 Å². The summed E-state index contributed by atoms with van der Waals surface area (Å²) in [5.74, 6) is -1.04. The van der Waals surface area contributed by atoms with E-state index < -0.39 is 21.5 Å². The molecule has 7 nitrogen and oxygen atoms in total. The normalized spacial score (nSPS) is 11.3. The first-order chi connectivity index (χ1) is 12.4. The average Bonchev–Trinajstić information content (AvgIpc) is 3.08. The van der Waals surface area contributed by atoms with Crippen LogP contribution in [0.25, 0.3) is 5.82 Å². The maximum Gasteiger partial charge on any atom is 0.239 e. The van der Waals surface area contributed by atoms with Crippen LogP contribution in [0.3, 0.4) is 0 Å². The SMILES string of the molecule is O=C(CS(=O)(=O)Cc1cccc(Br)c1)Nc1cccnc1-n1cccn1. The Kier molecular flexibility index (Phi) is 5.48. The molecule has 0 radical (unpaired) electrons. The maximum atomic E-state index is 12.3. The minimum Gasteiger partial charge on any atom is -0.322 e. The van der Waals surface area contributed by atoms with Gasteiger partial charge in [0.25, 0.3) is 0 Å². The zero-order valence-corrected chi connectivity index (χ0v) is 15.9. The van der Waals surface area contributed by atoms with Crippen LogP contribution < -0.4 is 5.32 Å². The molecule has 2 aromatic heterocycles. The fourth-order valence-electron chi connectivity index (χ4n) is 2.39. The number of nitrogens with one attached hydrogen (secondary N) is 1. The Hall–Kier alpha value is -2.52. The van der Waals surface area contributed by atoms with Crippen LogP contribution in [0, 0.1) is 0 Å². The van der Waals surface area contributed by atoms with Gasteiger partial charge in [-0.3, -0.25) is 4.79 Å². The van der Waals surface area contributed by atoms with Crippen LogP contribution in [0.5, 0.6) is 0 Å². The van der Waals surface area contributed by atoms with E-state index in [4.69, 9.17) is 0 Å². The Balaban J connectivity index is 1.71. The third-order valence-electron chi connectivity index (χ3n) is 3.41. The Bertz CT molecular complexity index is 1020. The van der Waals surface area contributed by atoms with Gasteiger partial charge in [-0.25, -0.2) is 18.1 Å². The number of amides is 1. The van der Waals surface area contributed by atoms with Crippen molar-refractivity contribution in [3.8, 4) is 5.82 Å². The Morgan fingerprint density at radius 1 is 1.15 bits per heavy atom. The third-order valence-corrected chi connectivity index (χ3v) is 5.38. The van der Waals surface area contributed by atoms with Crippen molar-refractivity contribution in [3.05, 3.63) is 71.1 Å². The van der Waals surface area contributed by atoms with Crippen molar-refractivity contribution in [1.82, 2.24) is 14.8 Å². The summed E-state index contributed by atoms with van der Waals surface area (Å²) in [6, 6.07) is 12.0. The molecule has 1 N–H and O–H groups in total. The van der Waals surface area contributed by atoms with E-state index in [1.807, 2.05) is 6.07 Å². The molecule has 134 valence electrons. The number of rotatable bonds is 6. The second-order valence-electron chi connectivity index (χ2n) is 5.54. The number of aromatic nitrogens is 3.